The molecule has 0 bridgehead atoms. The molecule has 122 valence electrons. The van der Waals surface area contributed by atoms with Gasteiger partial charge in [-0.3, -0.25) is 0 Å². The Hall–Kier alpha value is -0.920. The fraction of sp³-hybridized carbons (Fsp3) is 0.800. The molecule has 0 spiro atoms. The van der Waals surface area contributed by atoms with Crippen LogP contribution in [0.2, 0.25) is 0 Å². The number of piperidine rings is 1. The number of imidazole rings is 1. The molecule has 0 aromatic carbocycles. The van der Waals surface area contributed by atoms with E-state index in [0.717, 1.165) is 50.9 Å². The molecular weight excluding hydrogens is 300 g/mol. The van der Waals surface area contributed by atoms with Gasteiger partial charge < -0.3 is 9.88 Å². The predicted octanol–water partition coefficient (Wildman–Crippen LogP) is 1.26. The topological polar surface area (TPSA) is 67.2 Å². The lowest BCUT2D eigenvalue weighted by molar-refractivity contribution is 0.249. The van der Waals surface area contributed by atoms with Crippen LogP contribution in [-0.4, -0.2) is 46.7 Å². The SMILES string of the molecule is O=S(=O)(C1CC1)N1CCC[C@@H](NC2CCCn3ccnc32)C1. The minimum atomic E-state index is -3.04. The van der Waals surface area contributed by atoms with E-state index in [-0.39, 0.29) is 17.3 Å². The van der Waals surface area contributed by atoms with Crippen molar-refractivity contribution in [3.8, 4) is 0 Å². The van der Waals surface area contributed by atoms with Gasteiger partial charge in [0, 0.05) is 38.1 Å². The van der Waals surface area contributed by atoms with Crippen LogP contribution in [0.25, 0.3) is 0 Å². The van der Waals surface area contributed by atoms with Crippen molar-refractivity contribution in [3.63, 3.8) is 0 Å². The Balaban J connectivity index is 1.44. The lowest BCUT2D eigenvalue weighted by atomic mass is 10.0. The molecule has 0 amide bonds. The Morgan fingerprint density at radius 2 is 1.95 bits per heavy atom. The van der Waals surface area contributed by atoms with Gasteiger partial charge in [-0.25, -0.2) is 17.7 Å². The summed E-state index contributed by atoms with van der Waals surface area (Å²) in [6, 6.07) is 0.507. The molecule has 1 saturated carbocycles. The predicted molar refractivity (Wildman–Crippen MR) is 83.9 cm³/mol. The Morgan fingerprint density at radius 1 is 1.14 bits per heavy atom. The van der Waals surface area contributed by atoms with Gasteiger partial charge in [0.15, 0.2) is 0 Å². The van der Waals surface area contributed by atoms with Gasteiger partial charge in [0.25, 0.3) is 0 Å². The molecule has 1 saturated heterocycles. The molecule has 2 aliphatic heterocycles. The minimum absolute atomic E-state index is 0.0974. The maximum atomic E-state index is 12.4. The average molecular weight is 324 g/mol. The Kier molecular flexibility index (Phi) is 3.74. The van der Waals surface area contributed by atoms with Crippen LogP contribution in [0.4, 0.5) is 0 Å². The van der Waals surface area contributed by atoms with E-state index in [2.05, 4.69) is 14.9 Å². The smallest absolute Gasteiger partial charge is 0.217 e. The number of nitrogens with zero attached hydrogens (tertiary/aromatic N) is 3. The summed E-state index contributed by atoms with van der Waals surface area (Å²) in [4.78, 5) is 4.48. The van der Waals surface area contributed by atoms with Crippen LogP contribution in [0.3, 0.4) is 0 Å². The molecule has 3 heterocycles. The molecule has 1 aromatic heterocycles. The van der Waals surface area contributed by atoms with E-state index in [9.17, 15) is 8.42 Å². The van der Waals surface area contributed by atoms with Gasteiger partial charge in [0.2, 0.25) is 10.0 Å². The molecule has 7 heteroatoms. The van der Waals surface area contributed by atoms with Crippen molar-refractivity contribution in [2.45, 2.75) is 62.4 Å². The third-order valence-electron chi connectivity index (χ3n) is 5.08. The Morgan fingerprint density at radius 3 is 2.77 bits per heavy atom. The van der Waals surface area contributed by atoms with Crippen molar-refractivity contribution in [1.82, 2.24) is 19.2 Å². The van der Waals surface area contributed by atoms with Crippen molar-refractivity contribution in [1.29, 1.82) is 0 Å². The lowest BCUT2D eigenvalue weighted by Gasteiger charge is -2.35. The van der Waals surface area contributed by atoms with Crippen molar-refractivity contribution in [3.05, 3.63) is 18.2 Å². The van der Waals surface area contributed by atoms with E-state index < -0.39 is 10.0 Å². The lowest BCUT2D eigenvalue weighted by Crippen LogP contribution is -2.50. The van der Waals surface area contributed by atoms with Gasteiger partial charge in [0.05, 0.1) is 11.3 Å². The van der Waals surface area contributed by atoms with E-state index in [4.69, 9.17) is 0 Å². The van der Waals surface area contributed by atoms with Gasteiger partial charge >= 0.3 is 0 Å². The van der Waals surface area contributed by atoms with Crippen molar-refractivity contribution < 1.29 is 8.42 Å². The average Bonchev–Trinajstić information content (AvgIpc) is 3.27. The highest BCUT2D eigenvalue weighted by Crippen LogP contribution is 2.33. The summed E-state index contributed by atoms with van der Waals surface area (Å²) in [5, 5.41) is 3.57. The van der Waals surface area contributed by atoms with Gasteiger partial charge in [-0.15, -0.1) is 0 Å². The summed E-state index contributed by atoms with van der Waals surface area (Å²) >= 11 is 0. The van der Waals surface area contributed by atoms with Crippen molar-refractivity contribution in [2.75, 3.05) is 13.1 Å². The van der Waals surface area contributed by atoms with E-state index >= 15 is 0 Å². The second-order valence-electron chi connectivity index (χ2n) is 6.78. The normalized spacial score (nSPS) is 30.2. The van der Waals surface area contributed by atoms with Gasteiger partial charge in [-0.2, -0.15) is 0 Å². The second kappa shape index (κ2) is 5.62. The summed E-state index contributed by atoms with van der Waals surface area (Å²) in [6.07, 6.45) is 9.82. The van der Waals surface area contributed by atoms with Crippen molar-refractivity contribution in [2.24, 2.45) is 0 Å². The first-order chi connectivity index (χ1) is 10.6. The van der Waals surface area contributed by atoms with Crippen LogP contribution in [0.5, 0.6) is 0 Å². The first kappa shape index (κ1) is 14.7. The Bertz CT molecular complexity index is 638. The van der Waals surface area contributed by atoms with Crippen LogP contribution in [0.15, 0.2) is 12.4 Å². The number of rotatable bonds is 4. The number of sulfonamides is 1. The zero-order valence-corrected chi connectivity index (χ0v) is 13.6. The quantitative estimate of drug-likeness (QED) is 0.905. The van der Waals surface area contributed by atoms with Gasteiger partial charge in [-0.05, 0) is 38.5 Å². The van der Waals surface area contributed by atoms with E-state index in [0.29, 0.717) is 13.1 Å². The molecule has 1 aromatic rings. The number of hydrogen-bond acceptors (Lipinski definition) is 4. The fourth-order valence-electron chi connectivity index (χ4n) is 3.74. The summed E-state index contributed by atoms with van der Waals surface area (Å²) in [5.74, 6) is 1.11. The number of aromatic nitrogens is 2. The van der Waals surface area contributed by atoms with Crippen LogP contribution in [0, 0.1) is 0 Å². The monoisotopic (exact) mass is 324 g/mol. The zero-order chi connectivity index (χ0) is 15.2. The third-order valence-corrected chi connectivity index (χ3v) is 7.44. The maximum absolute atomic E-state index is 12.4. The van der Waals surface area contributed by atoms with E-state index in [1.807, 2.05) is 12.4 Å². The van der Waals surface area contributed by atoms with Crippen LogP contribution >= 0.6 is 0 Å². The molecule has 1 unspecified atom stereocenters. The molecule has 22 heavy (non-hydrogen) atoms. The number of aryl methyl sites for hydroxylation is 1. The summed E-state index contributed by atoms with van der Waals surface area (Å²) in [6.45, 7) is 2.35. The molecule has 0 radical (unpaired) electrons. The summed E-state index contributed by atoms with van der Waals surface area (Å²) in [7, 11) is -3.04. The summed E-state index contributed by atoms with van der Waals surface area (Å²) in [5.41, 5.74) is 0. The first-order valence-electron chi connectivity index (χ1n) is 8.40. The molecule has 1 aliphatic carbocycles. The molecule has 2 fully saturated rings. The van der Waals surface area contributed by atoms with Crippen molar-refractivity contribution >= 4 is 10.0 Å². The summed E-state index contributed by atoms with van der Waals surface area (Å²) < 4.78 is 28.8. The molecule has 2 atom stereocenters. The molecule has 1 N–H and O–H groups in total. The van der Waals surface area contributed by atoms with Crippen LogP contribution in [-0.2, 0) is 16.6 Å². The van der Waals surface area contributed by atoms with Gasteiger partial charge in [-0.1, -0.05) is 0 Å². The highest BCUT2D eigenvalue weighted by atomic mass is 32.2. The van der Waals surface area contributed by atoms with E-state index in [1.165, 1.54) is 0 Å². The number of nitrogens with one attached hydrogen (secondary N) is 1. The Labute approximate surface area is 132 Å². The van der Waals surface area contributed by atoms with Crippen LogP contribution < -0.4 is 5.32 Å². The zero-order valence-electron chi connectivity index (χ0n) is 12.8. The van der Waals surface area contributed by atoms with Crippen LogP contribution in [0.1, 0.15) is 50.4 Å². The maximum Gasteiger partial charge on any atom is 0.217 e. The molecule has 4 rings (SSSR count). The largest absolute Gasteiger partial charge is 0.334 e. The van der Waals surface area contributed by atoms with Gasteiger partial charge in [0.1, 0.15) is 5.82 Å². The standard InChI is InChI=1S/C15H24N4O2S/c20-22(21,13-5-6-13)19-9-1-3-12(11-19)17-14-4-2-8-18-10-7-16-15(14)18/h7,10,12-14,17H,1-6,8-9,11H2/t12-,14?/m1/s1. The first-order valence-corrected chi connectivity index (χ1v) is 9.91. The second-order valence-corrected chi connectivity index (χ2v) is 8.99. The number of fused-ring (bicyclic) bond motifs is 1. The molecular formula is C15H24N4O2S. The third kappa shape index (κ3) is 2.70. The molecule has 3 aliphatic rings. The molecule has 6 nitrogen and oxygen atoms in total. The highest BCUT2D eigenvalue weighted by molar-refractivity contribution is 7.90. The number of hydrogen-bond donors (Lipinski definition) is 1. The minimum Gasteiger partial charge on any atom is -0.334 e. The fourth-order valence-corrected chi connectivity index (χ4v) is 5.67. The van der Waals surface area contributed by atoms with E-state index in [1.54, 1.807) is 4.31 Å². The highest BCUT2D eigenvalue weighted by Gasteiger charge is 2.41.